The van der Waals surface area contributed by atoms with Gasteiger partial charge in [0, 0.05) is 6.20 Å². The predicted molar refractivity (Wildman–Crippen MR) is 81.4 cm³/mol. The molecule has 0 fully saturated rings. The van der Waals surface area contributed by atoms with Gasteiger partial charge in [-0.15, -0.1) is 0 Å². The zero-order valence-electron chi connectivity index (χ0n) is 13.4. The van der Waals surface area contributed by atoms with Gasteiger partial charge < -0.3 is 10.0 Å². The Labute approximate surface area is 144 Å². The third-order valence-electron chi connectivity index (χ3n) is 4.10. The summed E-state index contributed by atoms with van der Waals surface area (Å²) in [5.74, 6) is -5.42. The maximum absolute atomic E-state index is 14.5. The molecule has 0 bridgehead atoms. The van der Waals surface area contributed by atoms with E-state index in [1.807, 2.05) is 0 Å². The molecule has 2 aromatic rings. The Morgan fingerprint density at radius 3 is 2.58 bits per heavy atom. The largest absolute Gasteiger partial charge is 0.433 e. The van der Waals surface area contributed by atoms with E-state index in [-0.39, 0.29) is 16.8 Å². The fourth-order valence-corrected chi connectivity index (χ4v) is 2.93. The van der Waals surface area contributed by atoms with Crippen LogP contribution in [0, 0.1) is 0 Å². The minimum absolute atomic E-state index is 0.00627. The Morgan fingerprint density at radius 2 is 1.96 bits per heavy atom. The smallest absolute Gasteiger partial charge is 0.389 e. The van der Waals surface area contributed by atoms with Crippen molar-refractivity contribution in [3.05, 3.63) is 58.9 Å². The van der Waals surface area contributed by atoms with Crippen molar-refractivity contribution in [2.75, 3.05) is 4.90 Å². The van der Waals surface area contributed by atoms with E-state index in [2.05, 4.69) is 4.98 Å². The van der Waals surface area contributed by atoms with Crippen LogP contribution in [0.1, 0.15) is 35.4 Å². The Kier molecular flexibility index (Phi) is 4.22. The van der Waals surface area contributed by atoms with Crippen molar-refractivity contribution in [3.63, 3.8) is 0 Å². The average Bonchev–Trinajstić information content (AvgIpc) is 2.75. The van der Waals surface area contributed by atoms with Gasteiger partial charge >= 0.3 is 18.0 Å². The molecule has 0 aliphatic carbocycles. The number of halogens is 5. The average molecular weight is 372 g/mol. The van der Waals surface area contributed by atoms with Crippen LogP contribution in [0.4, 0.5) is 27.6 Å². The molecule has 0 radical (unpaired) electrons. The molecule has 0 saturated heterocycles. The van der Waals surface area contributed by atoms with Crippen LogP contribution >= 0.6 is 0 Å². The van der Waals surface area contributed by atoms with Crippen LogP contribution in [0.2, 0.25) is 0 Å². The maximum Gasteiger partial charge on any atom is 0.433 e. The molecule has 1 aromatic heterocycles. The van der Waals surface area contributed by atoms with Crippen molar-refractivity contribution >= 4 is 11.6 Å². The SMILES string of the molecule is C[C@H](O)c1cccc2c1C(F)(F)C(=O)N2Cc1ccnc(C(F)(F)F)c1. The summed E-state index contributed by atoms with van der Waals surface area (Å²) in [6.45, 7) is 0.813. The molecule has 1 aromatic carbocycles. The summed E-state index contributed by atoms with van der Waals surface area (Å²) in [6.07, 6.45) is -5.02. The molecule has 1 N–H and O–H groups in total. The van der Waals surface area contributed by atoms with Gasteiger partial charge in [-0.2, -0.15) is 22.0 Å². The molecule has 0 unspecified atom stereocenters. The number of rotatable bonds is 3. The van der Waals surface area contributed by atoms with Gasteiger partial charge in [-0.25, -0.2) is 0 Å². The second kappa shape index (κ2) is 6.01. The van der Waals surface area contributed by atoms with Crippen molar-refractivity contribution in [3.8, 4) is 0 Å². The number of aliphatic hydroxyl groups excluding tert-OH is 1. The highest BCUT2D eigenvalue weighted by Crippen LogP contribution is 2.48. The molecule has 0 spiro atoms. The first-order valence-corrected chi connectivity index (χ1v) is 7.57. The topological polar surface area (TPSA) is 53.4 Å². The van der Waals surface area contributed by atoms with Crippen molar-refractivity contribution < 1.29 is 31.9 Å². The highest BCUT2D eigenvalue weighted by atomic mass is 19.4. The molecule has 2 heterocycles. The summed E-state index contributed by atoms with van der Waals surface area (Å²) < 4.78 is 67.3. The van der Waals surface area contributed by atoms with Gasteiger partial charge in [-0.05, 0) is 36.2 Å². The van der Waals surface area contributed by atoms with E-state index < -0.39 is 41.9 Å². The number of benzene rings is 1. The molecule has 1 atom stereocenters. The number of hydrogen-bond acceptors (Lipinski definition) is 3. The summed E-state index contributed by atoms with van der Waals surface area (Å²) in [7, 11) is 0. The van der Waals surface area contributed by atoms with Gasteiger partial charge in [-0.3, -0.25) is 9.78 Å². The lowest BCUT2D eigenvalue weighted by atomic mass is 9.98. The summed E-state index contributed by atoms with van der Waals surface area (Å²) >= 11 is 0. The molecule has 1 aliphatic rings. The first kappa shape index (κ1) is 18.2. The molecule has 0 saturated carbocycles. The molecule has 1 amide bonds. The minimum atomic E-state index is -4.69. The molecular formula is C17H13F5N2O2. The second-order valence-electron chi connectivity index (χ2n) is 5.93. The van der Waals surface area contributed by atoms with E-state index in [4.69, 9.17) is 0 Å². The fraction of sp³-hybridized carbons (Fsp3) is 0.294. The molecule has 9 heteroatoms. The van der Waals surface area contributed by atoms with Crippen molar-refractivity contribution in [2.45, 2.75) is 31.7 Å². The second-order valence-corrected chi connectivity index (χ2v) is 5.93. The van der Waals surface area contributed by atoms with E-state index in [9.17, 15) is 31.9 Å². The quantitative estimate of drug-likeness (QED) is 0.834. The lowest BCUT2D eigenvalue weighted by Crippen LogP contribution is -2.34. The van der Waals surface area contributed by atoms with Crippen LogP contribution in [0.3, 0.4) is 0 Å². The van der Waals surface area contributed by atoms with Crippen LogP contribution in [-0.2, 0) is 23.4 Å². The van der Waals surface area contributed by atoms with Gasteiger partial charge in [0.1, 0.15) is 5.69 Å². The third-order valence-corrected chi connectivity index (χ3v) is 4.10. The lowest BCUT2D eigenvalue weighted by Gasteiger charge is -2.18. The number of amides is 1. The van der Waals surface area contributed by atoms with Crippen LogP contribution < -0.4 is 4.90 Å². The predicted octanol–water partition coefficient (Wildman–Crippen LogP) is 3.79. The number of carbonyl (C=O) groups excluding carboxylic acids is 1. The number of fused-ring (bicyclic) bond motifs is 1. The zero-order chi connectivity index (χ0) is 19.3. The van der Waals surface area contributed by atoms with Crippen LogP contribution in [0.25, 0.3) is 0 Å². The van der Waals surface area contributed by atoms with Crippen LogP contribution in [-0.4, -0.2) is 16.0 Å². The van der Waals surface area contributed by atoms with E-state index in [1.54, 1.807) is 0 Å². The minimum Gasteiger partial charge on any atom is -0.389 e. The fourth-order valence-electron chi connectivity index (χ4n) is 2.93. The number of pyridine rings is 1. The van der Waals surface area contributed by atoms with E-state index in [0.29, 0.717) is 6.07 Å². The van der Waals surface area contributed by atoms with Crippen LogP contribution in [0.15, 0.2) is 36.5 Å². The monoisotopic (exact) mass is 372 g/mol. The number of hydrogen-bond donors (Lipinski definition) is 1. The number of anilines is 1. The highest BCUT2D eigenvalue weighted by Gasteiger charge is 2.54. The van der Waals surface area contributed by atoms with E-state index >= 15 is 0 Å². The summed E-state index contributed by atoms with van der Waals surface area (Å²) in [5.41, 5.74) is -2.03. The first-order valence-electron chi connectivity index (χ1n) is 7.57. The van der Waals surface area contributed by atoms with Crippen molar-refractivity contribution in [1.29, 1.82) is 0 Å². The Balaban J connectivity index is 2.04. The van der Waals surface area contributed by atoms with Gasteiger partial charge in [0.25, 0.3) is 0 Å². The van der Waals surface area contributed by atoms with Crippen molar-refractivity contribution in [2.24, 2.45) is 0 Å². The third kappa shape index (κ3) is 2.92. The molecule has 4 nitrogen and oxygen atoms in total. The number of aliphatic hydroxyl groups is 1. The Hall–Kier alpha value is -2.55. The lowest BCUT2D eigenvalue weighted by molar-refractivity contribution is -0.141. The number of nitrogens with zero attached hydrogens (tertiary/aromatic N) is 2. The molecular weight excluding hydrogens is 359 g/mol. The van der Waals surface area contributed by atoms with E-state index in [1.165, 1.54) is 31.2 Å². The van der Waals surface area contributed by atoms with E-state index in [0.717, 1.165) is 11.1 Å². The summed E-state index contributed by atoms with van der Waals surface area (Å²) in [4.78, 5) is 16.1. The number of alkyl halides is 5. The van der Waals surface area contributed by atoms with Gasteiger partial charge in [0.15, 0.2) is 0 Å². The van der Waals surface area contributed by atoms with Crippen molar-refractivity contribution in [1.82, 2.24) is 4.98 Å². The Bertz CT molecular complexity index is 864. The normalized spacial score (nSPS) is 17.3. The summed E-state index contributed by atoms with van der Waals surface area (Å²) in [5, 5.41) is 9.71. The van der Waals surface area contributed by atoms with Crippen LogP contribution in [0.5, 0.6) is 0 Å². The first-order chi connectivity index (χ1) is 12.0. The number of carbonyl (C=O) groups is 1. The molecule has 3 rings (SSSR count). The summed E-state index contributed by atoms with van der Waals surface area (Å²) in [6, 6.07) is 5.88. The standard InChI is InChI=1S/C17H13F5N2O2/c1-9(25)11-3-2-4-12-14(11)16(18,19)15(26)24(12)8-10-5-6-23-13(7-10)17(20,21)22/h2-7,9,25H,8H2,1H3/t9-/m0/s1. The zero-order valence-corrected chi connectivity index (χ0v) is 13.4. The van der Waals surface area contributed by atoms with Gasteiger partial charge in [0.05, 0.1) is 23.9 Å². The highest BCUT2D eigenvalue weighted by molar-refractivity contribution is 6.06. The Morgan fingerprint density at radius 1 is 1.27 bits per heavy atom. The molecule has 138 valence electrons. The maximum atomic E-state index is 14.5. The van der Waals surface area contributed by atoms with Gasteiger partial charge in [-0.1, -0.05) is 12.1 Å². The molecule has 26 heavy (non-hydrogen) atoms. The van der Waals surface area contributed by atoms with Gasteiger partial charge in [0.2, 0.25) is 0 Å². The molecule has 1 aliphatic heterocycles. The number of aromatic nitrogens is 1.